The fraction of sp³-hybridized carbons (Fsp3) is 0.238. The first-order valence-corrected chi connectivity index (χ1v) is 9.42. The summed E-state index contributed by atoms with van der Waals surface area (Å²) < 4.78 is 0. The number of nitrogens with one attached hydrogen (secondary N) is 3. The van der Waals surface area contributed by atoms with Crippen LogP contribution < -0.4 is 11.1 Å². The Morgan fingerprint density at radius 2 is 1.81 bits per heavy atom. The van der Waals surface area contributed by atoms with Gasteiger partial charge in [0.05, 0.1) is 11.9 Å². The predicted molar refractivity (Wildman–Crippen MR) is 109 cm³/mol. The monoisotopic (exact) mass is 358 g/mol. The van der Waals surface area contributed by atoms with Gasteiger partial charge in [0, 0.05) is 17.6 Å². The molecule has 0 saturated heterocycles. The first-order chi connectivity index (χ1) is 13.3. The largest absolute Gasteiger partial charge is 0.369 e. The van der Waals surface area contributed by atoms with Gasteiger partial charge in [-0.2, -0.15) is 0 Å². The van der Waals surface area contributed by atoms with E-state index in [4.69, 9.17) is 10.7 Å². The van der Waals surface area contributed by atoms with Crippen LogP contribution in [0.3, 0.4) is 0 Å². The first kappa shape index (κ1) is 15.9. The van der Waals surface area contributed by atoms with Crippen molar-refractivity contribution in [2.24, 2.45) is 0 Å². The van der Waals surface area contributed by atoms with Gasteiger partial charge in [-0.25, -0.2) is 9.97 Å². The van der Waals surface area contributed by atoms with Crippen LogP contribution in [0.2, 0.25) is 0 Å². The highest BCUT2D eigenvalue weighted by Crippen LogP contribution is 2.32. The van der Waals surface area contributed by atoms with Gasteiger partial charge < -0.3 is 21.0 Å². The fourth-order valence-corrected chi connectivity index (χ4v) is 3.94. The van der Waals surface area contributed by atoms with E-state index in [2.05, 4.69) is 56.7 Å². The predicted octanol–water partition coefficient (Wildman–Crippen LogP) is 4.56. The molecule has 1 saturated carbocycles. The summed E-state index contributed by atoms with van der Waals surface area (Å²) in [5.41, 5.74) is 10.9. The van der Waals surface area contributed by atoms with Gasteiger partial charge in [0.1, 0.15) is 11.5 Å². The molecular formula is C21H22N6. The average Bonchev–Trinajstić information content (AvgIpc) is 3.43. The molecule has 27 heavy (non-hydrogen) atoms. The average molecular weight is 358 g/mol. The molecule has 0 amide bonds. The fourth-order valence-electron chi connectivity index (χ4n) is 3.94. The third kappa shape index (κ3) is 3.03. The highest BCUT2D eigenvalue weighted by Gasteiger charge is 2.16. The van der Waals surface area contributed by atoms with Gasteiger partial charge in [-0.05, 0) is 41.7 Å². The Balaban J connectivity index is 1.52. The molecule has 1 fully saturated rings. The van der Waals surface area contributed by atoms with E-state index in [1.807, 2.05) is 6.20 Å². The number of aromatic nitrogens is 4. The smallest absolute Gasteiger partial charge is 0.197 e. The van der Waals surface area contributed by atoms with E-state index in [1.165, 1.54) is 31.2 Å². The second kappa shape index (κ2) is 6.46. The molecule has 0 aliphatic heterocycles. The Hall–Kier alpha value is -3.28. The lowest BCUT2D eigenvalue weighted by atomic mass is 10.0. The number of anilines is 2. The third-order valence-electron chi connectivity index (χ3n) is 5.34. The second-order valence-corrected chi connectivity index (χ2v) is 7.18. The number of pyridine rings is 1. The van der Waals surface area contributed by atoms with Crippen LogP contribution in [0.4, 0.5) is 11.8 Å². The Bertz CT molecular complexity index is 1070. The zero-order valence-corrected chi connectivity index (χ0v) is 15.0. The van der Waals surface area contributed by atoms with Gasteiger partial charge in [0.2, 0.25) is 0 Å². The van der Waals surface area contributed by atoms with Crippen molar-refractivity contribution in [2.45, 2.75) is 31.7 Å². The minimum atomic E-state index is 0.430. The van der Waals surface area contributed by atoms with Gasteiger partial charge in [-0.1, -0.05) is 37.1 Å². The van der Waals surface area contributed by atoms with Crippen molar-refractivity contribution in [1.82, 2.24) is 19.9 Å². The molecule has 1 aliphatic rings. The van der Waals surface area contributed by atoms with Crippen LogP contribution in [0.5, 0.6) is 0 Å². The molecule has 5 N–H and O–H groups in total. The van der Waals surface area contributed by atoms with Crippen LogP contribution in [-0.2, 0) is 0 Å². The molecule has 5 rings (SSSR count). The number of imidazole rings is 1. The Morgan fingerprint density at radius 1 is 1.04 bits per heavy atom. The van der Waals surface area contributed by atoms with Gasteiger partial charge in [-0.15, -0.1) is 0 Å². The molecule has 1 aliphatic carbocycles. The van der Waals surface area contributed by atoms with Crippen molar-refractivity contribution in [3.05, 3.63) is 48.8 Å². The Kier molecular flexibility index (Phi) is 3.81. The van der Waals surface area contributed by atoms with Crippen LogP contribution >= 0.6 is 0 Å². The van der Waals surface area contributed by atoms with Crippen molar-refractivity contribution in [2.75, 3.05) is 11.1 Å². The number of nitrogens with two attached hydrogens (primary N) is 1. The van der Waals surface area contributed by atoms with Gasteiger partial charge in [0.15, 0.2) is 5.95 Å². The zero-order chi connectivity index (χ0) is 18.2. The number of nitrogens with zero attached hydrogens (tertiary/aromatic N) is 2. The van der Waals surface area contributed by atoms with Gasteiger partial charge >= 0.3 is 0 Å². The summed E-state index contributed by atoms with van der Waals surface area (Å²) in [6.45, 7) is 0. The highest BCUT2D eigenvalue weighted by molar-refractivity contribution is 5.95. The first-order valence-electron chi connectivity index (χ1n) is 9.42. The maximum Gasteiger partial charge on any atom is 0.197 e. The van der Waals surface area contributed by atoms with Crippen molar-refractivity contribution >= 4 is 22.8 Å². The lowest BCUT2D eigenvalue weighted by molar-refractivity contribution is 0.751. The Labute approximate surface area is 157 Å². The van der Waals surface area contributed by atoms with Crippen LogP contribution in [-0.4, -0.2) is 26.0 Å². The summed E-state index contributed by atoms with van der Waals surface area (Å²) in [5.74, 6) is 1.37. The summed E-state index contributed by atoms with van der Waals surface area (Å²) in [7, 11) is 0. The van der Waals surface area contributed by atoms with Crippen molar-refractivity contribution in [3.8, 4) is 22.4 Å². The summed E-state index contributed by atoms with van der Waals surface area (Å²) in [6, 6.07) is 13.2. The second-order valence-electron chi connectivity index (χ2n) is 7.18. The highest BCUT2D eigenvalue weighted by atomic mass is 15.0. The lowest BCUT2D eigenvalue weighted by Gasteiger charge is -2.14. The molecule has 3 heterocycles. The minimum Gasteiger partial charge on any atom is -0.369 e. The van der Waals surface area contributed by atoms with Crippen molar-refractivity contribution in [3.63, 3.8) is 0 Å². The van der Waals surface area contributed by atoms with Crippen LogP contribution in [0.15, 0.2) is 48.8 Å². The molecule has 6 heteroatoms. The SMILES string of the molecule is Nc1ncc(-c2ccc(-c3cc(NC4CCCC4)nc4[nH]ccc34)cc2)[nH]1. The molecule has 3 aromatic heterocycles. The molecule has 1 aromatic carbocycles. The molecule has 0 bridgehead atoms. The summed E-state index contributed by atoms with van der Waals surface area (Å²) >= 11 is 0. The van der Waals surface area contributed by atoms with Crippen molar-refractivity contribution in [1.29, 1.82) is 0 Å². The van der Waals surface area contributed by atoms with E-state index < -0.39 is 0 Å². The van der Waals surface area contributed by atoms with E-state index in [1.54, 1.807) is 6.20 Å². The van der Waals surface area contributed by atoms with Crippen LogP contribution in [0.1, 0.15) is 25.7 Å². The van der Waals surface area contributed by atoms with Crippen LogP contribution in [0, 0.1) is 0 Å². The van der Waals surface area contributed by atoms with E-state index in [-0.39, 0.29) is 0 Å². The maximum atomic E-state index is 5.69. The maximum absolute atomic E-state index is 5.69. The zero-order valence-electron chi connectivity index (χ0n) is 15.0. The number of rotatable bonds is 4. The topological polar surface area (TPSA) is 95.4 Å². The lowest BCUT2D eigenvalue weighted by Crippen LogP contribution is -2.15. The van der Waals surface area contributed by atoms with Gasteiger partial charge in [0.25, 0.3) is 0 Å². The number of benzene rings is 1. The Morgan fingerprint density at radius 3 is 2.56 bits per heavy atom. The number of hydrogen-bond acceptors (Lipinski definition) is 4. The van der Waals surface area contributed by atoms with E-state index in [0.717, 1.165) is 33.7 Å². The molecule has 0 spiro atoms. The van der Waals surface area contributed by atoms with E-state index in [9.17, 15) is 0 Å². The van der Waals surface area contributed by atoms with E-state index in [0.29, 0.717) is 12.0 Å². The minimum absolute atomic E-state index is 0.430. The quantitative estimate of drug-likeness (QED) is 0.430. The number of fused-ring (bicyclic) bond motifs is 1. The number of aromatic amines is 2. The molecule has 0 radical (unpaired) electrons. The molecule has 0 atom stereocenters. The molecule has 0 unspecified atom stereocenters. The van der Waals surface area contributed by atoms with Crippen LogP contribution in [0.25, 0.3) is 33.4 Å². The normalized spacial score (nSPS) is 14.8. The number of hydrogen-bond donors (Lipinski definition) is 4. The molecular weight excluding hydrogens is 336 g/mol. The third-order valence-corrected chi connectivity index (χ3v) is 5.34. The summed E-state index contributed by atoms with van der Waals surface area (Å²) in [5, 5.41) is 4.74. The van der Waals surface area contributed by atoms with Gasteiger partial charge in [-0.3, -0.25) is 0 Å². The summed E-state index contributed by atoms with van der Waals surface area (Å²) in [6.07, 6.45) is 8.75. The molecule has 136 valence electrons. The van der Waals surface area contributed by atoms with E-state index >= 15 is 0 Å². The number of nitrogen functional groups attached to an aromatic ring is 1. The standard InChI is InChI=1S/C21H22N6/c22-21-24-12-18(26-21)14-7-5-13(6-8-14)17-11-19(25-15-3-1-2-4-15)27-20-16(17)9-10-23-20/h5-12,15H,1-4H2,(H3,22,24,26)(H2,23,25,27). The number of H-pyrrole nitrogens is 2. The molecule has 4 aromatic rings. The molecule has 6 nitrogen and oxygen atoms in total. The summed E-state index contributed by atoms with van der Waals surface area (Å²) in [4.78, 5) is 15.2. The van der Waals surface area contributed by atoms with Crippen molar-refractivity contribution < 1.29 is 0 Å².